The molecule has 11 aliphatic rings. The number of halogens is 3. The minimum atomic E-state index is -4.64. The van der Waals surface area contributed by atoms with Crippen molar-refractivity contribution in [3.8, 4) is 0 Å². The zero-order chi connectivity index (χ0) is 38.1. The predicted octanol–water partition coefficient (Wildman–Crippen LogP) is 7.06. The Balaban J connectivity index is 0.839. The molecule has 11 rings (SSSR count). The molecule has 8 saturated heterocycles. The van der Waals surface area contributed by atoms with Crippen LogP contribution in [-0.4, -0.2) is 103 Å². The Labute approximate surface area is 317 Å². The number of likely N-dealkylation sites (N-methyl/N-ethyl adjacent to an activating group) is 1. The van der Waals surface area contributed by atoms with E-state index >= 15 is 0 Å². The van der Waals surface area contributed by atoms with Crippen LogP contribution in [0.3, 0.4) is 0 Å². The lowest BCUT2D eigenvalue weighted by atomic mass is 9.57. The van der Waals surface area contributed by atoms with Crippen LogP contribution in [0.1, 0.15) is 106 Å². The normalized spacial score (nSPS) is 50.7. The quantitative estimate of drug-likeness (QED) is 0.250. The SMILES string of the molecule is C[C@@H]1CC[C@H]2[C@@H](C)[C@@](C)(OCCN(C)C3CCN(CC4=C(C(F)(F)F)O[C@@H]5O[C@@]6(C)CC[C@H]7[C@H](C)CC[C@@H]4[C@@]57OO6)CC3)OC3O[C@]4(C)CC[C@@H]1[C@]32OO4. The van der Waals surface area contributed by atoms with Gasteiger partial charge >= 0.3 is 6.18 Å². The molecule has 54 heavy (non-hydrogen) atoms. The standard InChI is InChI=1S/C40H61F3N2O9/c1-23-8-10-30-25(3)37(6,50-34-38(30)28(23)12-17-36(5,49-34)52-53-38)46-21-20-44(7)26-14-18-45(19-15-26)22-27-31-11-9-24(2)29-13-16-35(4)48-33(39(29,31)54-51-35)47-32(27)40(41,42)43/h23-26,28-31,33-34H,8-22H2,1-7H3/t23-,24-,25-,28+,29+,30+,31+,33-,34?,35-,36+,37+,38-,39-/m1/s1. The van der Waals surface area contributed by atoms with E-state index in [9.17, 15) is 13.2 Å². The van der Waals surface area contributed by atoms with Crippen molar-refractivity contribution in [2.45, 2.75) is 159 Å². The molecule has 0 N–H and O–H groups in total. The fourth-order valence-corrected chi connectivity index (χ4v) is 12.5. The zero-order valence-electron chi connectivity index (χ0n) is 33.1. The van der Waals surface area contributed by atoms with Gasteiger partial charge in [0.2, 0.25) is 23.6 Å². The van der Waals surface area contributed by atoms with Crippen LogP contribution in [0.4, 0.5) is 13.2 Å². The highest BCUT2D eigenvalue weighted by Gasteiger charge is 2.72. The van der Waals surface area contributed by atoms with Crippen LogP contribution in [0.15, 0.2) is 11.3 Å². The van der Waals surface area contributed by atoms with Crippen molar-refractivity contribution in [3.63, 3.8) is 0 Å². The maximum Gasteiger partial charge on any atom is 0.449 e. The van der Waals surface area contributed by atoms with Crippen molar-refractivity contribution < 1.29 is 56.4 Å². The summed E-state index contributed by atoms with van der Waals surface area (Å²) in [5, 5.41) is 0. The topological polar surface area (TPSA) is 89.6 Å². The average Bonchev–Trinajstić information content (AvgIpc) is 3.49. The van der Waals surface area contributed by atoms with Gasteiger partial charge in [0.1, 0.15) is 0 Å². The number of alkyl halides is 3. The van der Waals surface area contributed by atoms with Crippen molar-refractivity contribution >= 4 is 0 Å². The smallest absolute Gasteiger partial charge is 0.449 e. The van der Waals surface area contributed by atoms with E-state index in [0.29, 0.717) is 50.9 Å². The molecule has 306 valence electrons. The van der Waals surface area contributed by atoms with Gasteiger partial charge in [-0.15, -0.1) is 0 Å². The second-order valence-electron chi connectivity index (χ2n) is 19.0. The molecule has 0 radical (unpaired) electrons. The second kappa shape index (κ2) is 13.2. The van der Waals surface area contributed by atoms with E-state index in [-0.39, 0.29) is 41.8 Å². The first kappa shape index (κ1) is 38.4. The summed E-state index contributed by atoms with van der Waals surface area (Å²) in [6.45, 7) is 15.1. The molecule has 1 unspecified atom stereocenters. The van der Waals surface area contributed by atoms with Crippen LogP contribution in [0, 0.1) is 41.4 Å². The first-order chi connectivity index (χ1) is 25.5. The van der Waals surface area contributed by atoms with Gasteiger partial charge in [-0.25, -0.2) is 19.6 Å². The second-order valence-corrected chi connectivity index (χ2v) is 19.0. The number of nitrogens with zero attached hydrogens (tertiary/aromatic N) is 2. The monoisotopic (exact) mass is 770 g/mol. The van der Waals surface area contributed by atoms with Crippen molar-refractivity contribution in [1.29, 1.82) is 0 Å². The van der Waals surface area contributed by atoms with Gasteiger partial charge in [0.15, 0.2) is 23.3 Å². The zero-order valence-corrected chi connectivity index (χ0v) is 33.1. The largest absolute Gasteiger partial charge is 0.456 e. The Morgan fingerprint density at radius 1 is 0.741 bits per heavy atom. The van der Waals surface area contributed by atoms with Crippen molar-refractivity contribution in [2.75, 3.05) is 39.8 Å². The van der Waals surface area contributed by atoms with Crippen LogP contribution in [0.2, 0.25) is 0 Å². The van der Waals surface area contributed by atoms with Gasteiger partial charge in [-0.05, 0) is 116 Å². The van der Waals surface area contributed by atoms with E-state index < -0.39 is 59.0 Å². The highest BCUT2D eigenvalue weighted by atomic mass is 19.4. The van der Waals surface area contributed by atoms with Gasteiger partial charge in [-0.1, -0.05) is 20.8 Å². The molecule has 0 amide bonds. The lowest BCUT2D eigenvalue weighted by molar-refractivity contribution is -0.585. The Kier molecular flexibility index (Phi) is 9.41. The van der Waals surface area contributed by atoms with E-state index in [1.807, 2.05) is 13.8 Å². The Morgan fingerprint density at radius 3 is 2.02 bits per heavy atom. The minimum Gasteiger partial charge on any atom is -0.456 e. The maximum atomic E-state index is 14.8. The van der Waals surface area contributed by atoms with Crippen LogP contribution >= 0.6 is 0 Å². The van der Waals surface area contributed by atoms with E-state index in [1.165, 1.54) is 0 Å². The van der Waals surface area contributed by atoms with Gasteiger partial charge in [-0.2, -0.15) is 13.2 Å². The number of hydrogen-bond donors (Lipinski definition) is 0. The molecule has 2 aliphatic carbocycles. The van der Waals surface area contributed by atoms with Crippen LogP contribution in [0.25, 0.3) is 0 Å². The molecule has 2 saturated carbocycles. The average molecular weight is 771 g/mol. The van der Waals surface area contributed by atoms with Gasteiger partial charge < -0.3 is 28.6 Å². The summed E-state index contributed by atoms with van der Waals surface area (Å²) < 4.78 is 76.4. The number of piperidine rings is 1. The maximum absolute atomic E-state index is 14.8. The molecule has 14 atom stereocenters. The Morgan fingerprint density at radius 2 is 1.35 bits per heavy atom. The predicted molar refractivity (Wildman–Crippen MR) is 186 cm³/mol. The molecular formula is C40H61F3N2O9. The van der Waals surface area contributed by atoms with Gasteiger partial charge in [0.05, 0.1) is 6.61 Å². The fourth-order valence-electron chi connectivity index (χ4n) is 12.5. The van der Waals surface area contributed by atoms with Crippen molar-refractivity contribution in [3.05, 3.63) is 11.3 Å². The lowest BCUT2D eigenvalue weighted by Crippen LogP contribution is -2.73. The molecule has 4 bridgehead atoms. The summed E-state index contributed by atoms with van der Waals surface area (Å²) >= 11 is 0. The van der Waals surface area contributed by atoms with Crippen LogP contribution in [0.5, 0.6) is 0 Å². The number of rotatable bonds is 7. The summed E-state index contributed by atoms with van der Waals surface area (Å²) in [6, 6.07) is 0.280. The van der Waals surface area contributed by atoms with Gasteiger partial charge in [-0.3, -0.25) is 4.90 Å². The van der Waals surface area contributed by atoms with Gasteiger partial charge in [0.25, 0.3) is 0 Å². The fraction of sp³-hybridized carbons (Fsp3) is 0.950. The third-order valence-electron chi connectivity index (χ3n) is 15.9. The molecule has 9 aliphatic heterocycles. The third kappa shape index (κ3) is 5.88. The Bertz CT molecular complexity index is 1480. The van der Waals surface area contributed by atoms with E-state index in [0.717, 1.165) is 51.4 Å². The van der Waals surface area contributed by atoms with E-state index in [1.54, 1.807) is 6.92 Å². The van der Waals surface area contributed by atoms with Crippen molar-refractivity contribution in [1.82, 2.24) is 9.80 Å². The van der Waals surface area contributed by atoms with Crippen LogP contribution in [-0.2, 0) is 43.2 Å². The molecule has 2 spiro atoms. The number of ether oxygens (including phenoxy) is 5. The summed E-state index contributed by atoms with van der Waals surface area (Å²) in [6.07, 6.45) is 1.89. The molecule has 11 nitrogen and oxygen atoms in total. The number of hydrogen-bond acceptors (Lipinski definition) is 11. The van der Waals surface area contributed by atoms with E-state index in [4.69, 9.17) is 43.2 Å². The highest BCUT2D eigenvalue weighted by molar-refractivity contribution is 5.29. The summed E-state index contributed by atoms with van der Waals surface area (Å²) in [5.41, 5.74) is -1.45. The summed E-state index contributed by atoms with van der Waals surface area (Å²) in [5.74, 6) is -2.97. The van der Waals surface area contributed by atoms with Crippen molar-refractivity contribution in [2.24, 2.45) is 41.4 Å². The third-order valence-corrected chi connectivity index (χ3v) is 15.9. The first-order valence-corrected chi connectivity index (χ1v) is 20.8. The Hall–Kier alpha value is -1.07. The summed E-state index contributed by atoms with van der Waals surface area (Å²) in [4.78, 5) is 28.8. The lowest BCUT2D eigenvalue weighted by Gasteiger charge is -2.62. The number of allylic oxidation sites excluding steroid dienone is 1. The minimum absolute atomic E-state index is 0.0222. The molecule has 0 aromatic rings. The molecule has 9 heterocycles. The number of likely N-dealkylation sites (tertiary alicyclic amines) is 1. The number of fused-ring (bicyclic) bond motifs is 4. The van der Waals surface area contributed by atoms with E-state index in [2.05, 4.69) is 37.6 Å². The molecule has 10 fully saturated rings. The van der Waals surface area contributed by atoms with Crippen LogP contribution < -0.4 is 0 Å². The molecule has 0 aromatic heterocycles. The summed E-state index contributed by atoms with van der Waals surface area (Å²) in [7, 11) is 2.11. The first-order valence-electron chi connectivity index (χ1n) is 20.8. The molecule has 14 heteroatoms. The van der Waals surface area contributed by atoms with Gasteiger partial charge in [0, 0.05) is 55.6 Å². The molecular weight excluding hydrogens is 709 g/mol. The molecule has 0 aromatic carbocycles. The highest BCUT2D eigenvalue weighted by Crippen LogP contribution is 2.63.